The molecule has 9 heteroatoms. The van der Waals surface area contributed by atoms with Gasteiger partial charge < -0.3 is 20.5 Å². The summed E-state index contributed by atoms with van der Waals surface area (Å²) >= 11 is 0. The molecule has 2 amide bonds. The topological polar surface area (TPSA) is 106 Å². The number of aliphatic imine (C=N–C) groups is 1. The number of guanidine groups is 1. The number of nitrogens with zero attached hydrogens (tertiary/aromatic N) is 2. The van der Waals surface area contributed by atoms with Gasteiger partial charge >= 0.3 is 0 Å². The average molecular weight is 535 g/mol. The quantitative estimate of drug-likeness (QED) is 0.479. The minimum absolute atomic E-state index is 0.00359. The van der Waals surface area contributed by atoms with Crippen molar-refractivity contribution in [2.45, 2.75) is 63.3 Å². The van der Waals surface area contributed by atoms with Crippen molar-refractivity contribution >= 4 is 25.7 Å². The van der Waals surface area contributed by atoms with Gasteiger partial charge in [0.2, 0.25) is 5.91 Å². The Morgan fingerprint density at radius 2 is 1.76 bits per heavy atom. The minimum atomic E-state index is -0.291. The molecule has 0 radical (unpaired) electrons. The summed E-state index contributed by atoms with van der Waals surface area (Å²) in [6, 6.07) is 11.5. The van der Waals surface area contributed by atoms with Gasteiger partial charge in [-0.15, -0.1) is 0 Å². The van der Waals surface area contributed by atoms with E-state index < -0.39 is 0 Å². The second-order valence-electron chi connectivity index (χ2n) is 10.3. The van der Waals surface area contributed by atoms with Gasteiger partial charge in [0, 0.05) is 41.6 Å². The standard InChI is InChI=1S/C27H29N4O4P.C2H6/c28-27-29-17-7-10-36-14-24(36)15-1-3-22-18(11-15)20(5-8-34-22)30-26(33)16-2-4-23-19(12-16)21(6-9-35-23)31(27)25(32)13-17;1-2/h1-4,11-12,17,20-21,24H,5-10,13-14H2,(H2,28,29)(H,30,33);1-2H3/t17?,20?,21-,24?,36?;/m1./s1. The van der Waals surface area contributed by atoms with E-state index >= 15 is 0 Å². The summed E-state index contributed by atoms with van der Waals surface area (Å²) in [5.41, 5.74) is 10.7. The first-order valence-corrected chi connectivity index (χ1v) is 15.6. The summed E-state index contributed by atoms with van der Waals surface area (Å²) in [7, 11) is -0.116. The summed E-state index contributed by atoms with van der Waals surface area (Å²) in [4.78, 5) is 33.1. The molecule has 3 N–H and O–H groups in total. The number of benzene rings is 2. The van der Waals surface area contributed by atoms with Crippen molar-refractivity contribution in [3.05, 3.63) is 58.7 Å². The van der Waals surface area contributed by atoms with Gasteiger partial charge in [0.25, 0.3) is 5.91 Å². The van der Waals surface area contributed by atoms with Crippen molar-refractivity contribution in [1.82, 2.24) is 10.2 Å². The number of rotatable bonds is 0. The SMILES string of the molecule is CC.NC1=NC2CCP3CC3c3ccc4c(c3)C(CCO4)NC(=O)c3ccc4c(c3)[C@@H](CCO4)N1C(=O)C2. The average Bonchev–Trinajstić information content (AvgIpc) is 3.72. The van der Waals surface area contributed by atoms with Crippen molar-refractivity contribution in [2.24, 2.45) is 10.7 Å². The van der Waals surface area contributed by atoms with Crippen molar-refractivity contribution in [2.75, 3.05) is 25.5 Å². The van der Waals surface area contributed by atoms with E-state index in [1.807, 2.05) is 26.0 Å². The molecule has 1 fully saturated rings. The number of amides is 2. The van der Waals surface area contributed by atoms with Gasteiger partial charge in [-0.3, -0.25) is 14.5 Å². The number of carbonyl (C=O) groups is 2. The molecule has 4 unspecified atom stereocenters. The summed E-state index contributed by atoms with van der Waals surface area (Å²) in [5.74, 6) is 1.69. The predicted molar refractivity (Wildman–Crippen MR) is 148 cm³/mol. The zero-order chi connectivity index (χ0) is 26.4. The van der Waals surface area contributed by atoms with E-state index in [-0.39, 0.29) is 43.8 Å². The maximum atomic E-state index is 13.4. The van der Waals surface area contributed by atoms with Gasteiger partial charge in [-0.25, -0.2) is 4.99 Å². The van der Waals surface area contributed by atoms with Crippen molar-refractivity contribution < 1.29 is 19.1 Å². The molecule has 200 valence electrons. The van der Waals surface area contributed by atoms with Crippen LogP contribution < -0.4 is 20.5 Å². The molecule has 6 aliphatic heterocycles. The van der Waals surface area contributed by atoms with Crippen LogP contribution in [0.3, 0.4) is 0 Å². The number of nitrogens with one attached hydrogen (secondary N) is 1. The number of fused-ring (bicyclic) bond motifs is 3. The Bertz CT molecular complexity index is 1300. The molecule has 6 bridgehead atoms. The summed E-state index contributed by atoms with van der Waals surface area (Å²) < 4.78 is 11.8. The lowest BCUT2D eigenvalue weighted by atomic mass is 9.94. The summed E-state index contributed by atoms with van der Waals surface area (Å²) in [5, 5.41) is 3.25. The second-order valence-corrected chi connectivity index (χ2v) is 12.9. The lowest BCUT2D eigenvalue weighted by Crippen LogP contribution is -2.50. The highest BCUT2D eigenvalue weighted by Gasteiger charge is 2.41. The Balaban J connectivity index is 0.00000129. The lowest BCUT2D eigenvalue weighted by Gasteiger charge is -2.38. The number of hydrogen-bond donors (Lipinski definition) is 2. The summed E-state index contributed by atoms with van der Waals surface area (Å²) in [6.07, 6.45) is 4.90. The van der Waals surface area contributed by atoms with Crippen molar-refractivity contribution in [3.8, 4) is 11.5 Å². The number of ether oxygens (including phenoxy) is 2. The Kier molecular flexibility index (Phi) is 6.77. The normalized spacial score (nSPS) is 29.2. The molecule has 38 heavy (non-hydrogen) atoms. The van der Waals surface area contributed by atoms with Crippen LogP contribution >= 0.6 is 7.92 Å². The van der Waals surface area contributed by atoms with E-state index in [1.54, 1.807) is 11.0 Å². The number of hydrogen-bond acceptors (Lipinski definition) is 6. The molecule has 2 aromatic carbocycles. The van der Waals surface area contributed by atoms with Crippen LogP contribution in [0.5, 0.6) is 11.5 Å². The fraction of sp³-hybridized carbons (Fsp3) is 0.483. The summed E-state index contributed by atoms with van der Waals surface area (Å²) in [6.45, 7) is 5.06. The first kappa shape index (κ1) is 25.2. The minimum Gasteiger partial charge on any atom is -0.493 e. The Morgan fingerprint density at radius 3 is 2.58 bits per heavy atom. The van der Waals surface area contributed by atoms with E-state index in [9.17, 15) is 9.59 Å². The molecular formula is C29H35N4O4P. The fourth-order valence-electron chi connectivity index (χ4n) is 6.07. The van der Waals surface area contributed by atoms with Gasteiger partial charge in [-0.1, -0.05) is 27.8 Å². The van der Waals surface area contributed by atoms with E-state index in [0.717, 1.165) is 35.9 Å². The molecule has 0 saturated carbocycles. The molecule has 5 atom stereocenters. The molecule has 6 heterocycles. The Hall–Kier alpha value is -3.12. The molecule has 1 saturated heterocycles. The monoisotopic (exact) mass is 534 g/mol. The first-order chi connectivity index (χ1) is 18.5. The third kappa shape index (κ3) is 4.53. The zero-order valence-corrected chi connectivity index (χ0v) is 22.9. The van der Waals surface area contributed by atoms with Gasteiger partial charge in [-0.05, 0) is 54.6 Å². The van der Waals surface area contributed by atoms with E-state index in [2.05, 4.69) is 23.5 Å². The third-order valence-corrected chi connectivity index (χ3v) is 10.6. The molecule has 0 spiro atoms. The molecule has 0 aliphatic carbocycles. The highest BCUT2D eigenvalue weighted by Crippen LogP contribution is 2.69. The van der Waals surface area contributed by atoms with E-state index in [4.69, 9.17) is 20.2 Å². The van der Waals surface area contributed by atoms with Crippen LogP contribution in [0.15, 0.2) is 41.4 Å². The van der Waals surface area contributed by atoms with Crippen LogP contribution in [0.2, 0.25) is 0 Å². The van der Waals surface area contributed by atoms with Crippen LogP contribution in [-0.2, 0) is 4.79 Å². The maximum Gasteiger partial charge on any atom is 0.251 e. The van der Waals surface area contributed by atoms with Crippen molar-refractivity contribution in [3.63, 3.8) is 0 Å². The van der Waals surface area contributed by atoms with Crippen molar-refractivity contribution in [1.29, 1.82) is 0 Å². The van der Waals surface area contributed by atoms with Crippen LogP contribution in [-0.4, -0.2) is 54.3 Å². The van der Waals surface area contributed by atoms with E-state index in [1.165, 1.54) is 11.7 Å². The van der Waals surface area contributed by atoms with Gasteiger partial charge in [0.15, 0.2) is 5.96 Å². The van der Waals surface area contributed by atoms with Crippen LogP contribution in [0, 0.1) is 0 Å². The lowest BCUT2D eigenvalue weighted by molar-refractivity contribution is -0.130. The fourth-order valence-corrected chi connectivity index (χ4v) is 8.69. The zero-order valence-electron chi connectivity index (χ0n) is 22.0. The van der Waals surface area contributed by atoms with Crippen LogP contribution in [0.25, 0.3) is 0 Å². The largest absolute Gasteiger partial charge is 0.493 e. The van der Waals surface area contributed by atoms with Crippen LogP contribution in [0.4, 0.5) is 0 Å². The molecule has 0 aromatic heterocycles. The second kappa shape index (κ2) is 10.2. The van der Waals surface area contributed by atoms with E-state index in [0.29, 0.717) is 43.0 Å². The number of nitrogens with two attached hydrogens (primary N) is 1. The van der Waals surface area contributed by atoms with Crippen LogP contribution in [0.1, 0.15) is 84.3 Å². The maximum absolute atomic E-state index is 13.4. The molecular weight excluding hydrogens is 499 g/mol. The predicted octanol–water partition coefficient (Wildman–Crippen LogP) is 4.65. The highest BCUT2D eigenvalue weighted by atomic mass is 31.1. The Labute approximate surface area is 224 Å². The smallest absolute Gasteiger partial charge is 0.251 e. The first-order valence-electron chi connectivity index (χ1n) is 13.8. The third-order valence-electron chi connectivity index (χ3n) is 8.06. The van der Waals surface area contributed by atoms with Gasteiger partial charge in [0.1, 0.15) is 11.5 Å². The molecule has 8 nitrogen and oxygen atoms in total. The molecule has 2 aromatic rings. The molecule has 8 rings (SSSR count). The van der Waals surface area contributed by atoms with Gasteiger partial charge in [-0.2, -0.15) is 0 Å². The number of carbonyl (C=O) groups excluding carboxylic acids is 2. The van der Waals surface area contributed by atoms with Gasteiger partial charge in [0.05, 0.1) is 31.3 Å². The molecule has 6 aliphatic rings. The highest BCUT2D eigenvalue weighted by molar-refractivity contribution is 7.65. The Morgan fingerprint density at radius 1 is 1.00 bits per heavy atom.